The Morgan fingerprint density at radius 3 is 2.75 bits per heavy atom. The van der Waals surface area contributed by atoms with E-state index < -0.39 is 17.2 Å². The largest absolute Gasteiger partial charge is 0.508 e. The van der Waals surface area contributed by atoms with E-state index in [1.54, 1.807) is 6.92 Å². The van der Waals surface area contributed by atoms with Crippen LogP contribution in [0.4, 0.5) is 14.6 Å². The highest BCUT2D eigenvalue weighted by Crippen LogP contribution is 2.50. The molecule has 2 atom stereocenters. The van der Waals surface area contributed by atoms with Crippen molar-refractivity contribution < 1.29 is 33.3 Å². The normalized spacial score (nSPS) is 26.5. The summed E-state index contributed by atoms with van der Waals surface area (Å²) in [5.74, 6) is 1.38. The molecule has 2 saturated carbocycles. The van der Waals surface area contributed by atoms with Crippen LogP contribution in [0.25, 0.3) is 32.9 Å². The summed E-state index contributed by atoms with van der Waals surface area (Å²) < 4.78 is 44.1. The van der Waals surface area contributed by atoms with Gasteiger partial charge in [-0.1, -0.05) is 18.4 Å². The molecule has 0 spiro atoms. The van der Waals surface area contributed by atoms with Gasteiger partial charge in [0.1, 0.15) is 34.4 Å². The van der Waals surface area contributed by atoms with Gasteiger partial charge in [-0.15, -0.1) is 6.42 Å². The van der Waals surface area contributed by atoms with Gasteiger partial charge in [0.2, 0.25) is 0 Å². The van der Waals surface area contributed by atoms with Crippen molar-refractivity contribution in [3.63, 3.8) is 0 Å². The average Bonchev–Trinajstić information content (AvgIpc) is 3.37. The van der Waals surface area contributed by atoms with Crippen molar-refractivity contribution in [1.29, 1.82) is 0 Å². The smallest absolute Gasteiger partial charge is 0.319 e. The first-order valence-corrected chi connectivity index (χ1v) is 18.3. The van der Waals surface area contributed by atoms with Gasteiger partial charge in [0.25, 0.3) is 0 Å². The quantitative estimate of drug-likeness (QED) is 0.218. The Labute approximate surface area is 301 Å². The van der Waals surface area contributed by atoms with Crippen LogP contribution >= 0.6 is 0 Å². The number of β-amino-alcohol motifs (C(OH)–C–C–N with tert-alkyl or cyclic N) is 1. The maximum Gasteiger partial charge on any atom is 0.319 e. The lowest BCUT2D eigenvalue weighted by Crippen LogP contribution is -2.60. The summed E-state index contributed by atoms with van der Waals surface area (Å²) >= 11 is 0. The molecule has 10 nitrogen and oxygen atoms in total. The molecule has 2 aromatic carbocycles. The fraction of sp³-hybridized carbons (Fsp3) is 0.500. The van der Waals surface area contributed by atoms with Gasteiger partial charge in [0.05, 0.1) is 29.8 Å². The van der Waals surface area contributed by atoms with Gasteiger partial charge in [-0.3, -0.25) is 14.7 Å². The van der Waals surface area contributed by atoms with Gasteiger partial charge in [0.15, 0.2) is 5.82 Å². The number of anilines is 1. The van der Waals surface area contributed by atoms with E-state index in [1.165, 1.54) is 30.5 Å². The van der Waals surface area contributed by atoms with E-state index in [4.69, 9.17) is 20.9 Å². The number of halogens is 2. The predicted octanol–water partition coefficient (Wildman–Crippen LogP) is 5.78. The second-order valence-electron chi connectivity index (χ2n) is 15.2. The third kappa shape index (κ3) is 6.12. The third-order valence-corrected chi connectivity index (χ3v) is 11.9. The summed E-state index contributed by atoms with van der Waals surface area (Å²) in [4.78, 5) is 30.3. The third-order valence-electron chi connectivity index (χ3n) is 11.9. The molecule has 4 aliphatic rings. The summed E-state index contributed by atoms with van der Waals surface area (Å²) in [7, 11) is 0. The predicted molar refractivity (Wildman–Crippen MR) is 192 cm³/mol. The molecule has 2 aliphatic carbocycles. The number of benzene rings is 2. The molecule has 12 heteroatoms. The molecule has 4 fully saturated rings. The lowest BCUT2D eigenvalue weighted by atomic mass is 9.68. The van der Waals surface area contributed by atoms with E-state index in [0.29, 0.717) is 68.9 Å². The molecule has 2 aliphatic heterocycles. The summed E-state index contributed by atoms with van der Waals surface area (Å²) in [5.41, 5.74) is -1.10. The second kappa shape index (κ2) is 13.5. The van der Waals surface area contributed by atoms with E-state index in [0.717, 1.165) is 45.1 Å². The summed E-state index contributed by atoms with van der Waals surface area (Å²) in [6.07, 6.45) is 13.8. The molecular formula is C40H43F2N5O5. The topological polar surface area (TPSA) is 121 Å². The second-order valence-corrected chi connectivity index (χ2v) is 15.2. The van der Waals surface area contributed by atoms with Crippen LogP contribution in [0.2, 0.25) is 0 Å². The Balaban J connectivity index is 1.16. The number of Topliss-reactive ketones (excluding diaryl/α,β-unsaturated/α-hetero) is 1. The monoisotopic (exact) mass is 711 g/mol. The number of phenolic OH excluding ortho intramolecular Hbond substituents is 1. The first-order chi connectivity index (χ1) is 25.1. The molecule has 4 heterocycles. The number of fused-ring (bicyclic) bond motifs is 3. The number of pyridine rings is 1. The van der Waals surface area contributed by atoms with Crippen LogP contribution < -0.4 is 9.64 Å². The minimum atomic E-state index is -0.854. The van der Waals surface area contributed by atoms with Crippen molar-refractivity contribution in [2.24, 2.45) is 11.3 Å². The van der Waals surface area contributed by atoms with Gasteiger partial charge >= 0.3 is 6.01 Å². The Kier molecular flexibility index (Phi) is 9.00. The van der Waals surface area contributed by atoms with E-state index in [2.05, 4.69) is 20.8 Å². The molecule has 0 bridgehead atoms. The van der Waals surface area contributed by atoms with E-state index in [1.807, 2.05) is 4.90 Å². The van der Waals surface area contributed by atoms with Gasteiger partial charge < -0.3 is 24.6 Å². The zero-order chi connectivity index (χ0) is 36.2. The summed E-state index contributed by atoms with van der Waals surface area (Å²) in [5, 5.41) is 23.0. The molecule has 8 rings (SSSR count). The van der Waals surface area contributed by atoms with Crippen LogP contribution in [-0.4, -0.2) is 93.5 Å². The number of aromatic nitrogens is 3. The number of terminal acetylenes is 1. The Morgan fingerprint density at radius 2 is 1.94 bits per heavy atom. The number of likely N-dealkylation sites (tertiary alicyclic amines) is 1. The van der Waals surface area contributed by atoms with Crippen LogP contribution in [-0.2, 0) is 9.53 Å². The van der Waals surface area contributed by atoms with Crippen molar-refractivity contribution in [2.45, 2.75) is 69.9 Å². The van der Waals surface area contributed by atoms with E-state index in [-0.39, 0.29) is 62.6 Å². The van der Waals surface area contributed by atoms with Crippen molar-refractivity contribution >= 4 is 33.3 Å². The first-order valence-electron chi connectivity index (χ1n) is 18.3. The van der Waals surface area contributed by atoms with Gasteiger partial charge in [-0.2, -0.15) is 9.97 Å². The maximum absolute atomic E-state index is 17.0. The molecular weight excluding hydrogens is 668 g/mol. The summed E-state index contributed by atoms with van der Waals surface area (Å²) in [6, 6.07) is 5.72. The molecule has 2 saturated heterocycles. The molecule has 0 amide bonds. The van der Waals surface area contributed by atoms with Crippen molar-refractivity contribution in [1.82, 2.24) is 19.9 Å². The van der Waals surface area contributed by atoms with Crippen molar-refractivity contribution in [2.75, 3.05) is 50.9 Å². The van der Waals surface area contributed by atoms with Crippen LogP contribution in [0.5, 0.6) is 11.8 Å². The Morgan fingerprint density at radius 1 is 1.12 bits per heavy atom. The minimum absolute atomic E-state index is 0.0108. The highest BCUT2D eigenvalue weighted by Gasteiger charge is 2.52. The Hall–Kier alpha value is -4.44. The van der Waals surface area contributed by atoms with Gasteiger partial charge in [-0.05, 0) is 82.0 Å². The first kappa shape index (κ1) is 34.6. The highest BCUT2D eigenvalue weighted by molar-refractivity contribution is 6.03. The number of carbonyl (C=O) groups excluding carboxylic acids is 1. The number of phenols is 1. The SMILES string of the molecule is C#Cc1c(F)ccc2cc(O)cc(-c3ncc4c(N5CCCOCC5)nc(OC[C@]56CCC[C@H]5N(CC5(O)CC(C(C)=O)C5)CCC6)nc4c3F)c12. The number of hydrogen-bond donors (Lipinski definition) is 2. The lowest BCUT2D eigenvalue weighted by molar-refractivity contribution is -0.145. The molecule has 0 unspecified atom stereocenters. The number of hydrogen-bond acceptors (Lipinski definition) is 10. The molecule has 52 heavy (non-hydrogen) atoms. The number of aromatic hydroxyl groups is 1. The van der Waals surface area contributed by atoms with Crippen LogP contribution in [0.15, 0.2) is 30.5 Å². The van der Waals surface area contributed by atoms with Gasteiger partial charge in [-0.25, -0.2) is 8.78 Å². The fourth-order valence-corrected chi connectivity index (χ4v) is 9.29. The molecule has 4 aromatic rings. The molecule has 0 radical (unpaired) electrons. The number of piperidine rings is 1. The number of rotatable bonds is 8. The fourth-order valence-electron chi connectivity index (χ4n) is 9.29. The number of nitrogens with zero attached hydrogens (tertiary/aromatic N) is 5. The minimum Gasteiger partial charge on any atom is -0.508 e. The molecule has 2 aromatic heterocycles. The molecule has 272 valence electrons. The number of ether oxygens (including phenoxy) is 2. The number of carbonyl (C=O) groups is 1. The Bertz CT molecular complexity index is 2090. The zero-order valence-electron chi connectivity index (χ0n) is 29.3. The van der Waals surface area contributed by atoms with Crippen LogP contribution in [0.1, 0.15) is 63.9 Å². The van der Waals surface area contributed by atoms with Crippen molar-refractivity contribution in [3.8, 4) is 35.4 Å². The van der Waals surface area contributed by atoms with Crippen LogP contribution in [0.3, 0.4) is 0 Å². The van der Waals surface area contributed by atoms with Crippen molar-refractivity contribution in [3.05, 3.63) is 47.7 Å². The van der Waals surface area contributed by atoms with Gasteiger partial charge in [0, 0.05) is 60.8 Å². The summed E-state index contributed by atoms with van der Waals surface area (Å²) in [6.45, 7) is 5.58. The lowest BCUT2D eigenvalue weighted by Gasteiger charge is -2.51. The van der Waals surface area contributed by atoms with E-state index >= 15 is 4.39 Å². The zero-order valence-corrected chi connectivity index (χ0v) is 29.3. The average molecular weight is 712 g/mol. The maximum atomic E-state index is 17.0. The van der Waals surface area contributed by atoms with E-state index in [9.17, 15) is 19.4 Å². The van der Waals surface area contributed by atoms with Crippen LogP contribution in [0, 0.1) is 35.3 Å². The number of ketones is 1. The molecule has 2 N–H and O–H groups in total. The number of aliphatic hydroxyl groups is 1. The highest BCUT2D eigenvalue weighted by atomic mass is 19.1. The standard InChI is InChI=1S/C40H43F2N5O5/c1-3-28-31(41)9-8-25-17-27(49)18-29(33(25)28)35-34(42)36-30(21-43-35)37(46-13-6-15-51-16-14-46)45-38(44-36)52-23-39-10-4-7-32(39)47(12-5-11-39)22-40(50)19-26(20-40)24(2)48/h1,8-9,17-18,21,26,32,49-50H,4-7,10-16,19-20,22-23H2,2H3/t26?,32-,39-,40?/m1/s1.